The van der Waals surface area contributed by atoms with Crippen LogP contribution in [0.25, 0.3) is 10.2 Å². The first-order chi connectivity index (χ1) is 11.7. The van der Waals surface area contributed by atoms with Gasteiger partial charge in [-0.05, 0) is 38.0 Å². The molecule has 2 bridgehead atoms. The molecule has 2 atom stereocenters. The van der Waals surface area contributed by atoms with E-state index in [1.165, 1.54) is 11.3 Å². The van der Waals surface area contributed by atoms with Crippen LogP contribution in [0.4, 0.5) is 5.13 Å². The summed E-state index contributed by atoms with van der Waals surface area (Å²) in [5, 5.41) is 3.37. The fraction of sp³-hybridized carbons (Fsp3) is 0.500. The molecule has 2 fully saturated rings. The Balaban J connectivity index is 1.66. The first-order valence-corrected chi connectivity index (χ1v) is 9.05. The average Bonchev–Trinajstić information content (AvgIpc) is 3.10. The Hall–Kier alpha value is -2.15. The van der Waals surface area contributed by atoms with Gasteiger partial charge in [0.25, 0.3) is 5.91 Å². The highest BCUT2D eigenvalue weighted by atomic mass is 32.1. The number of aromatic nitrogens is 1. The first-order valence-electron chi connectivity index (χ1n) is 8.23. The lowest BCUT2D eigenvalue weighted by Gasteiger charge is -2.35. The number of hydrogen-bond acceptors (Lipinski definition) is 6. The van der Waals surface area contributed by atoms with Gasteiger partial charge in [-0.25, -0.2) is 4.98 Å². The Morgan fingerprint density at radius 1 is 1.32 bits per heavy atom. The SMILES string of the molecule is COc1ccc2nc(NC(=O)C34CCC(C)(C(=O)O3)C4(C)C)sc2c1. The summed E-state index contributed by atoms with van der Waals surface area (Å²) in [6.07, 6.45) is 1.19. The number of esters is 1. The zero-order chi connectivity index (χ0) is 18.0. The average molecular weight is 360 g/mol. The molecule has 0 spiro atoms. The van der Waals surface area contributed by atoms with Gasteiger partial charge >= 0.3 is 5.97 Å². The highest BCUT2D eigenvalue weighted by Crippen LogP contribution is 2.65. The van der Waals surface area contributed by atoms with Crippen molar-refractivity contribution in [2.75, 3.05) is 12.4 Å². The maximum absolute atomic E-state index is 13.1. The summed E-state index contributed by atoms with van der Waals surface area (Å²) in [4.78, 5) is 29.8. The Morgan fingerprint density at radius 3 is 2.68 bits per heavy atom. The van der Waals surface area contributed by atoms with Gasteiger partial charge in [0, 0.05) is 5.41 Å². The van der Waals surface area contributed by atoms with Crippen LogP contribution in [-0.2, 0) is 14.3 Å². The highest BCUT2D eigenvalue weighted by molar-refractivity contribution is 7.22. The molecule has 1 saturated heterocycles. The van der Waals surface area contributed by atoms with Crippen LogP contribution >= 0.6 is 11.3 Å². The molecule has 2 aliphatic rings. The normalized spacial score (nSPS) is 29.7. The summed E-state index contributed by atoms with van der Waals surface area (Å²) in [5.74, 6) is 0.163. The quantitative estimate of drug-likeness (QED) is 0.849. The number of thiazole rings is 1. The minimum Gasteiger partial charge on any atom is -0.497 e. The van der Waals surface area contributed by atoms with Crippen LogP contribution in [0.2, 0.25) is 0 Å². The molecular formula is C18H20N2O4S. The number of carbonyl (C=O) groups excluding carboxylic acids is 2. The van der Waals surface area contributed by atoms with Gasteiger partial charge in [0.05, 0.1) is 22.7 Å². The number of carbonyl (C=O) groups is 2. The van der Waals surface area contributed by atoms with Gasteiger partial charge in [-0.3, -0.25) is 14.9 Å². The minimum atomic E-state index is -1.13. The lowest BCUT2D eigenvalue weighted by molar-refractivity contribution is -0.165. The third kappa shape index (κ3) is 1.93. The molecule has 1 N–H and O–H groups in total. The predicted octanol–water partition coefficient (Wildman–Crippen LogP) is 3.37. The molecule has 1 aliphatic carbocycles. The monoisotopic (exact) mass is 360 g/mol. The maximum atomic E-state index is 13.1. The first kappa shape index (κ1) is 16.3. The molecular weight excluding hydrogens is 340 g/mol. The molecule has 7 heteroatoms. The molecule has 25 heavy (non-hydrogen) atoms. The molecule has 1 aromatic carbocycles. The van der Waals surface area contributed by atoms with Gasteiger partial charge < -0.3 is 9.47 Å². The summed E-state index contributed by atoms with van der Waals surface area (Å²) < 4.78 is 11.8. The van der Waals surface area contributed by atoms with Crippen LogP contribution in [0.1, 0.15) is 33.6 Å². The molecule has 0 radical (unpaired) electrons. The van der Waals surface area contributed by atoms with E-state index in [1.54, 1.807) is 7.11 Å². The van der Waals surface area contributed by atoms with Crippen molar-refractivity contribution in [3.8, 4) is 5.75 Å². The topological polar surface area (TPSA) is 77.5 Å². The van der Waals surface area contributed by atoms with Gasteiger partial charge in [0.15, 0.2) is 10.7 Å². The molecule has 4 rings (SSSR count). The summed E-state index contributed by atoms with van der Waals surface area (Å²) in [6.45, 7) is 5.77. The van der Waals surface area contributed by atoms with Gasteiger partial charge in [0.2, 0.25) is 0 Å². The third-order valence-corrected chi connectivity index (χ3v) is 7.20. The van der Waals surface area contributed by atoms with Crippen LogP contribution in [0.5, 0.6) is 5.75 Å². The van der Waals surface area contributed by atoms with Crippen LogP contribution < -0.4 is 10.1 Å². The van der Waals surface area contributed by atoms with E-state index in [0.29, 0.717) is 18.0 Å². The number of rotatable bonds is 3. The molecule has 2 aromatic rings. The summed E-state index contributed by atoms with van der Waals surface area (Å²) in [7, 11) is 1.61. The molecule has 2 heterocycles. The number of ether oxygens (including phenoxy) is 2. The van der Waals surface area contributed by atoms with Gasteiger partial charge in [-0.15, -0.1) is 0 Å². The van der Waals surface area contributed by atoms with E-state index < -0.39 is 16.4 Å². The van der Waals surface area contributed by atoms with Crippen LogP contribution in [0.3, 0.4) is 0 Å². The van der Waals surface area contributed by atoms with E-state index in [9.17, 15) is 9.59 Å². The van der Waals surface area contributed by atoms with Crippen LogP contribution in [-0.4, -0.2) is 29.6 Å². The Morgan fingerprint density at radius 2 is 2.08 bits per heavy atom. The molecule has 1 aliphatic heterocycles. The molecule has 1 amide bonds. The van der Waals surface area contributed by atoms with E-state index in [0.717, 1.165) is 16.0 Å². The Bertz CT molecular complexity index is 906. The van der Waals surface area contributed by atoms with E-state index >= 15 is 0 Å². The molecule has 6 nitrogen and oxygen atoms in total. The second-order valence-corrected chi connectivity index (χ2v) is 8.51. The Labute approximate surface area is 149 Å². The largest absolute Gasteiger partial charge is 0.497 e. The van der Waals surface area contributed by atoms with Gasteiger partial charge in [-0.2, -0.15) is 0 Å². The van der Waals surface area contributed by atoms with Crippen molar-refractivity contribution in [1.29, 1.82) is 0 Å². The lowest BCUT2D eigenvalue weighted by atomic mass is 9.66. The summed E-state index contributed by atoms with van der Waals surface area (Å²) in [6, 6.07) is 5.56. The lowest BCUT2D eigenvalue weighted by Crippen LogP contribution is -2.50. The van der Waals surface area contributed by atoms with Crippen molar-refractivity contribution in [3.05, 3.63) is 18.2 Å². The van der Waals surface area contributed by atoms with Gasteiger partial charge in [-0.1, -0.05) is 25.2 Å². The van der Waals surface area contributed by atoms with Crippen molar-refractivity contribution in [2.24, 2.45) is 10.8 Å². The van der Waals surface area contributed by atoms with Crippen LogP contribution in [0, 0.1) is 10.8 Å². The zero-order valence-corrected chi connectivity index (χ0v) is 15.5. The Kier molecular flexibility index (Phi) is 3.23. The van der Waals surface area contributed by atoms with Crippen molar-refractivity contribution >= 4 is 38.6 Å². The van der Waals surface area contributed by atoms with E-state index in [2.05, 4.69) is 10.3 Å². The second-order valence-electron chi connectivity index (χ2n) is 7.48. The van der Waals surface area contributed by atoms with Crippen molar-refractivity contribution in [1.82, 2.24) is 4.98 Å². The molecule has 1 aromatic heterocycles. The molecule has 132 valence electrons. The highest BCUT2D eigenvalue weighted by Gasteiger charge is 2.75. The van der Waals surface area contributed by atoms with Crippen molar-refractivity contribution < 1.29 is 19.1 Å². The maximum Gasteiger partial charge on any atom is 0.313 e. The van der Waals surface area contributed by atoms with E-state index in [-0.39, 0.29) is 11.9 Å². The number of anilines is 1. The number of benzene rings is 1. The summed E-state index contributed by atoms with van der Waals surface area (Å²) in [5.41, 5.74) is -1.53. The van der Waals surface area contributed by atoms with E-state index in [1.807, 2.05) is 39.0 Å². The fourth-order valence-electron chi connectivity index (χ4n) is 4.03. The summed E-state index contributed by atoms with van der Waals surface area (Å²) >= 11 is 1.37. The number of nitrogens with one attached hydrogen (secondary N) is 1. The standard InChI is InChI=1S/C18H20N2O4S/c1-16(2)17(3)7-8-18(16,24-14(17)22)13(21)20-15-19-11-6-5-10(23-4)9-12(11)25-15/h5-6,9H,7-8H2,1-4H3,(H,19,20,21). The predicted molar refractivity (Wildman–Crippen MR) is 94.7 cm³/mol. The van der Waals surface area contributed by atoms with Crippen LogP contribution in [0.15, 0.2) is 18.2 Å². The van der Waals surface area contributed by atoms with E-state index in [4.69, 9.17) is 9.47 Å². The molecule has 2 unspecified atom stereocenters. The number of hydrogen-bond donors (Lipinski definition) is 1. The number of methoxy groups -OCH3 is 1. The van der Waals surface area contributed by atoms with Gasteiger partial charge in [0.1, 0.15) is 5.75 Å². The third-order valence-electron chi connectivity index (χ3n) is 6.27. The minimum absolute atomic E-state index is 0.284. The second kappa shape index (κ2) is 4.94. The smallest absolute Gasteiger partial charge is 0.313 e. The van der Waals surface area contributed by atoms with Crippen molar-refractivity contribution in [2.45, 2.75) is 39.2 Å². The number of fused-ring (bicyclic) bond motifs is 3. The number of nitrogens with zero attached hydrogens (tertiary/aromatic N) is 1. The molecule has 1 saturated carbocycles. The number of amides is 1. The fourth-order valence-corrected chi connectivity index (χ4v) is 4.92. The van der Waals surface area contributed by atoms with Crippen molar-refractivity contribution in [3.63, 3.8) is 0 Å². The zero-order valence-electron chi connectivity index (χ0n) is 14.6.